The van der Waals surface area contributed by atoms with Gasteiger partial charge >= 0.3 is 0 Å². The summed E-state index contributed by atoms with van der Waals surface area (Å²) in [4.78, 5) is 14.1. The molecule has 3 N–H and O–H groups in total. The molecule has 2 rings (SSSR count). The quantitative estimate of drug-likeness (QED) is 0.493. The number of amides is 1. The van der Waals surface area contributed by atoms with E-state index in [-0.39, 0.29) is 18.2 Å². The molecule has 0 spiro atoms. The van der Waals surface area contributed by atoms with E-state index < -0.39 is 0 Å². The van der Waals surface area contributed by atoms with Crippen molar-refractivity contribution < 1.29 is 9.90 Å². The minimum atomic E-state index is -0.259. The van der Waals surface area contributed by atoms with Crippen LogP contribution in [0.15, 0.2) is 41.5 Å². The van der Waals surface area contributed by atoms with Crippen molar-refractivity contribution in [2.45, 2.75) is 27.7 Å². The van der Waals surface area contributed by atoms with E-state index in [1.54, 1.807) is 12.1 Å². The number of aromatic hydroxyl groups is 1. The van der Waals surface area contributed by atoms with Crippen LogP contribution in [-0.4, -0.2) is 36.9 Å². The summed E-state index contributed by atoms with van der Waals surface area (Å²) >= 11 is 0. The zero-order chi connectivity index (χ0) is 19.8. The average Bonchev–Trinajstić information content (AvgIpc) is 2.63. The lowest BCUT2D eigenvalue weighted by molar-refractivity contribution is -0.119. The van der Waals surface area contributed by atoms with Crippen LogP contribution in [-0.2, 0) is 4.79 Å². The van der Waals surface area contributed by atoms with Crippen molar-refractivity contribution in [2.24, 2.45) is 5.10 Å². The number of anilines is 2. The van der Waals surface area contributed by atoms with Crippen LogP contribution in [0.1, 0.15) is 30.5 Å². The van der Waals surface area contributed by atoms with E-state index in [0.717, 1.165) is 30.0 Å². The number of hydrazone groups is 1. The molecular weight excluding hydrogens is 340 g/mol. The first-order valence-electron chi connectivity index (χ1n) is 9.15. The van der Waals surface area contributed by atoms with Crippen LogP contribution in [0.2, 0.25) is 0 Å². The predicted molar refractivity (Wildman–Crippen MR) is 112 cm³/mol. The van der Waals surface area contributed by atoms with E-state index in [0.29, 0.717) is 5.56 Å². The van der Waals surface area contributed by atoms with Crippen LogP contribution in [0.4, 0.5) is 11.4 Å². The number of nitrogens with zero attached hydrogens (tertiary/aromatic N) is 2. The lowest BCUT2D eigenvalue weighted by atomic mass is 10.1. The maximum Gasteiger partial charge on any atom is 0.259 e. The molecule has 144 valence electrons. The normalized spacial score (nSPS) is 10.8. The molecule has 0 fully saturated rings. The first kappa shape index (κ1) is 20.3. The highest BCUT2D eigenvalue weighted by molar-refractivity contribution is 5.87. The maximum atomic E-state index is 11.9. The van der Waals surface area contributed by atoms with Crippen molar-refractivity contribution in [3.05, 3.63) is 53.1 Å². The monoisotopic (exact) mass is 368 g/mol. The van der Waals surface area contributed by atoms with E-state index in [2.05, 4.69) is 40.7 Å². The summed E-state index contributed by atoms with van der Waals surface area (Å²) in [7, 11) is 0. The minimum absolute atomic E-state index is 0.119. The second-order valence-electron chi connectivity index (χ2n) is 6.38. The van der Waals surface area contributed by atoms with Gasteiger partial charge in [-0.2, -0.15) is 5.10 Å². The van der Waals surface area contributed by atoms with Gasteiger partial charge in [0.05, 0.1) is 12.8 Å². The van der Waals surface area contributed by atoms with Crippen LogP contribution < -0.4 is 15.6 Å². The highest BCUT2D eigenvalue weighted by atomic mass is 16.3. The summed E-state index contributed by atoms with van der Waals surface area (Å²) in [5.74, 6) is -0.128. The molecule has 0 aliphatic carbocycles. The molecule has 0 saturated heterocycles. The number of hydrogen-bond donors (Lipinski definition) is 3. The second kappa shape index (κ2) is 9.62. The maximum absolute atomic E-state index is 11.9. The van der Waals surface area contributed by atoms with Gasteiger partial charge in [-0.3, -0.25) is 4.79 Å². The van der Waals surface area contributed by atoms with Gasteiger partial charge in [-0.05, 0) is 51.5 Å². The molecule has 6 nitrogen and oxygen atoms in total. The Bertz CT molecular complexity index is 814. The molecule has 27 heavy (non-hydrogen) atoms. The summed E-state index contributed by atoms with van der Waals surface area (Å²) in [5, 5.41) is 17.2. The number of benzene rings is 2. The molecule has 2 aromatic rings. The lowest BCUT2D eigenvalue weighted by Gasteiger charge is -2.21. The van der Waals surface area contributed by atoms with Crippen LogP contribution in [0.3, 0.4) is 0 Å². The minimum Gasteiger partial charge on any atom is -0.507 e. The predicted octanol–water partition coefficient (Wildman–Crippen LogP) is 3.42. The van der Waals surface area contributed by atoms with E-state index in [1.807, 2.05) is 32.0 Å². The summed E-state index contributed by atoms with van der Waals surface area (Å²) in [6.07, 6.45) is 1.44. The zero-order valence-corrected chi connectivity index (χ0v) is 16.4. The Morgan fingerprint density at radius 3 is 2.52 bits per heavy atom. The number of phenols is 1. The van der Waals surface area contributed by atoms with Gasteiger partial charge in [-0.1, -0.05) is 17.7 Å². The Labute approximate surface area is 160 Å². The molecular formula is C21H28N4O2. The molecule has 0 atom stereocenters. The SMILES string of the molecule is CCN(CC)c1ccc(C=NNC(=O)CNc2ccc(C)cc2C)c(O)c1. The Kier molecular flexibility index (Phi) is 7.23. The zero-order valence-electron chi connectivity index (χ0n) is 16.4. The third-order valence-electron chi connectivity index (χ3n) is 4.36. The third-order valence-corrected chi connectivity index (χ3v) is 4.36. The van der Waals surface area contributed by atoms with Crippen LogP contribution >= 0.6 is 0 Å². The van der Waals surface area contributed by atoms with Crippen LogP contribution in [0, 0.1) is 13.8 Å². The molecule has 0 aliphatic heterocycles. The van der Waals surface area contributed by atoms with Crippen molar-refractivity contribution in [3.63, 3.8) is 0 Å². The van der Waals surface area contributed by atoms with Crippen molar-refractivity contribution in [3.8, 4) is 5.75 Å². The summed E-state index contributed by atoms with van der Waals surface area (Å²) < 4.78 is 0. The number of rotatable bonds is 8. The number of carbonyl (C=O) groups is 1. The summed E-state index contributed by atoms with van der Waals surface area (Å²) in [6, 6.07) is 11.4. The molecule has 1 amide bonds. The van der Waals surface area contributed by atoms with Crippen molar-refractivity contribution in [2.75, 3.05) is 29.9 Å². The second-order valence-corrected chi connectivity index (χ2v) is 6.38. The molecule has 0 heterocycles. The molecule has 0 unspecified atom stereocenters. The lowest BCUT2D eigenvalue weighted by Crippen LogP contribution is -2.26. The Hall–Kier alpha value is -3.02. The number of carbonyl (C=O) groups excluding carboxylic acids is 1. The molecule has 0 aliphatic rings. The third kappa shape index (κ3) is 5.74. The van der Waals surface area contributed by atoms with Gasteiger partial charge < -0.3 is 15.3 Å². The summed E-state index contributed by atoms with van der Waals surface area (Å²) in [5.41, 5.74) is 7.16. The van der Waals surface area contributed by atoms with Gasteiger partial charge in [0, 0.05) is 36.1 Å². The van der Waals surface area contributed by atoms with Crippen LogP contribution in [0.25, 0.3) is 0 Å². The van der Waals surface area contributed by atoms with Gasteiger partial charge in [-0.15, -0.1) is 0 Å². The van der Waals surface area contributed by atoms with Crippen molar-refractivity contribution >= 4 is 23.5 Å². The number of phenolic OH excluding ortho intramolecular Hbond substituents is 1. The fourth-order valence-electron chi connectivity index (χ4n) is 2.83. The van der Waals surface area contributed by atoms with Crippen molar-refractivity contribution in [1.29, 1.82) is 0 Å². The number of aryl methyl sites for hydroxylation is 2. The van der Waals surface area contributed by atoms with Crippen molar-refractivity contribution in [1.82, 2.24) is 5.43 Å². The van der Waals surface area contributed by atoms with E-state index >= 15 is 0 Å². The summed E-state index contributed by atoms with van der Waals surface area (Å²) in [6.45, 7) is 10.0. The highest BCUT2D eigenvalue weighted by Crippen LogP contribution is 2.23. The smallest absolute Gasteiger partial charge is 0.259 e. The number of nitrogens with one attached hydrogen (secondary N) is 2. The van der Waals surface area contributed by atoms with E-state index in [9.17, 15) is 9.90 Å². The first-order valence-corrected chi connectivity index (χ1v) is 9.15. The average molecular weight is 368 g/mol. The van der Waals surface area contributed by atoms with E-state index in [4.69, 9.17) is 0 Å². The van der Waals surface area contributed by atoms with Crippen LogP contribution in [0.5, 0.6) is 5.75 Å². The Morgan fingerprint density at radius 1 is 1.15 bits per heavy atom. The molecule has 2 aromatic carbocycles. The molecule has 6 heteroatoms. The van der Waals surface area contributed by atoms with Gasteiger partial charge in [0.1, 0.15) is 5.75 Å². The molecule has 0 saturated carbocycles. The number of hydrogen-bond acceptors (Lipinski definition) is 5. The Morgan fingerprint density at radius 2 is 1.89 bits per heavy atom. The first-order chi connectivity index (χ1) is 12.9. The molecule has 0 aromatic heterocycles. The van der Waals surface area contributed by atoms with Gasteiger partial charge in [0.15, 0.2) is 0 Å². The molecule has 0 radical (unpaired) electrons. The molecule has 0 bridgehead atoms. The highest BCUT2D eigenvalue weighted by Gasteiger charge is 2.06. The van der Waals surface area contributed by atoms with Gasteiger partial charge in [-0.25, -0.2) is 5.43 Å². The topological polar surface area (TPSA) is 77.0 Å². The fraction of sp³-hybridized carbons (Fsp3) is 0.333. The fourth-order valence-corrected chi connectivity index (χ4v) is 2.83. The Balaban J connectivity index is 1.90. The standard InChI is InChI=1S/C21H28N4O2/c1-5-25(6-2)18-9-8-17(20(26)12-18)13-23-24-21(27)14-22-19-10-7-15(3)11-16(19)4/h7-13,22,26H,5-6,14H2,1-4H3,(H,24,27). The largest absolute Gasteiger partial charge is 0.507 e. The van der Waals surface area contributed by atoms with Gasteiger partial charge in [0.25, 0.3) is 5.91 Å². The van der Waals surface area contributed by atoms with E-state index in [1.165, 1.54) is 11.8 Å². The van der Waals surface area contributed by atoms with Gasteiger partial charge in [0.2, 0.25) is 0 Å².